The molecule has 0 bridgehead atoms. The van der Waals surface area contributed by atoms with Gasteiger partial charge in [0.15, 0.2) is 11.0 Å². The first-order chi connectivity index (χ1) is 15.1. The van der Waals surface area contributed by atoms with E-state index in [4.69, 9.17) is 16.3 Å². The molecule has 0 saturated carbocycles. The lowest BCUT2D eigenvalue weighted by molar-refractivity contribution is -0.124. The van der Waals surface area contributed by atoms with Crippen LogP contribution in [0, 0.1) is 0 Å². The molecule has 2 aromatic carbocycles. The van der Waals surface area contributed by atoms with Crippen LogP contribution in [0.25, 0.3) is 17.1 Å². The number of carbonyl (C=O) groups is 2. The Labute approximate surface area is 188 Å². The minimum atomic E-state index is -0.335. The highest BCUT2D eigenvalue weighted by Gasteiger charge is 2.27. The van der Waals surface area contributed by atoms with Gasteiger partial charge in [-0.2, -0.15) is 0 Å². The molecule has 160 valence electrons. The topological polar surface area (TPSA) is 89.4 Å². The van der Waals surface area contributed by atoms with Gasteiger partial charge in [0, 0.05) is 23.0 Å². The number of halogens is 1. The number of hydrogen-bond donors (Lipinski definition) is 1. The molecular weight excluding hydrogens is 438 g/mol. The summed E-state index contributed by atoms with van der Waals surface area (Å²) in [5.74, 6) is 1.81. The second-order valence-electron chi connectivity index (χ2n) is 6.72. The molecule has 1 saturated heterocycles. The average molecular weight is 458 g/mol. The second-order valence-corrected chi connectivity index (χ2v) is 8.22. The van der Waals surface area contributed by atoms with Crippen LogP contribution in [0.3, 0.4) is 0 Å². The van der Waals surface area contributed by atoms with E-state index in [1.807, 2.05) is 53.1 Å². The third-order valence-corrected chi connectivity index (χ3v) is 6.03. The first-order valence-corrected chi connectivity index (χ1v) is 11.0. The Kier molecular flexibility index (Phi) is 6.43. The van der Waals surface area contributed by atoms with E-state index >= 15 is 0 Å². The highest BCUT2D eigenvalue weighted by atomic mass is 35.5. The van der Waals surface area contributed by atoms with Gasteiger partial charge in [0.25, 0.3) is 0 Å². The van der Waals surface area contributed by atoms with Gasteiger partial charge in [0.2, 0.25) is 5.91 Å². The number of para-hydroxylation sites is 1. The van der Waals surface area contributed by atoms with Crippen LogP contribution in [-0.2, 0) is 4.79 Å². The molecule has 1 aliphatic rings. The predicted molar refractivity (Wildman–Crippen MR) is 119 cm³/mol. The number of rotatable bonds is 8. The zero-order valence-electron chi connectivity index (χ0n) is 16.7. The molecule has 3 aromatic rings. The zero-order valence-corrected chi connectivity index (χ0v) is 18.3. The fraction of sp³-hybridized carbons (Fsp3) is 0.238. The van der Waals surface area contributed by atoms with Gasteiger partial charge in [-0.3, -0.25) is 14.3 Å². The molecule has 4 rings (SSSR count). The summed E-state index contributed by atoms with van der Waals surface area (Å²) in [7, 11) is 1.62. The molecule has 0 radical (unpaired) electrons. The number of nitrogens with one attached hydrogen (secondary N) is 1. The summed E-state index contributed by atoms with van der Waals surface area (Å²) in [5.41, 5.74) is 1.69. The molecule has 1 fully saturated rings. The smallest absolute Gasteiger partial charge is 0.324 e. The molecule has 0 atom stereocenters. The summed E-state index contributed by atoms with van der Waals surface area (Å²) in [5, 5.41) is 12.7. The van der Waals surface area contributed by atoms with Crippen LogP contribution in [0.4, 0.5) is 4.79 Å². The minimum Gasteiger partial charge on any atom is -0.496 e. The van der Waals surface area contributed by atoms with Crippen molar-refractivity contribution >= 4 is 35.3 Å². The number of aromatic nitrogens is 3. The van der Waals surface area contributed by atoms with Crippen molar-refractivity contribution in [2.24, 2.45) is 0 Å². The molecule has 0 aliphatic carbocycles. The molecule has 1 aromatic heterocycles. The summed E-state index contributed by atoms with van der Waals surface area (Å²) in [6, 6.07) is 14.7. The molecule has 2 heterocycles. The maximum atomic E-state index is 11.7. The molecule has 1 aliphatic heterocycles. The number of carbonyl (C=O) groups excluding carboxylic acids is 2. The Morgan fingerprint density at radius 1 is 1.13 bits per heavy atom. The lowest BCUT2D eigenvalue weighted by Crippen LogP contribution is -2.32. The van der Waals surface area contributed by atoms with Gasteiger partial charge in [-0.05, 0) is 42.8 Å². The number of thioether (sulfide) groups is 1. The molecule has 0 unspecified atom stereocenters. The van der Waals surface area contributed by atoms with Crippen molar-refractivity contribution in [3.8, 4) is 22.8 Å². The number of nitrogens with zero attached hydrogens (tertiary/aromatic N) is 4. The van der Waals surface area contributed by atoms with E-state index in [1.54, 1.807) is 7.11 Å². The summed E-state index contributed by atoms with van der Waals surface area (Å²) >= 11 is 7.58. The standard InChI is InChI=1S/C21H20ClN5O3S/c1-30-17-6-3-2-5-16(17)19-24-25-21(27(19)15-9-7-14(22)8-10-15)31-12-4-11-26-18(28)13-23-20(26)29/h2-3,5-10H,4,11-13H2,1H3,(H,23,29). The zero-order chi connectivity index (χ0) is 21.8. The van der Waals surface area contributed by atoms with E-state index in [2.05, 4.69) is 15.5 Å². The quantitative estimate of drug-likeness (QED) is 0.315. The number of amides is 3. The van der Waals surface area contributed by atoms with E-state index in [-0.39, 0.29) is 18.5 Å². The third-order valence-electron chi connectivity index (χ3n) is 4.76. The molecule has 1 N–H and O–H groups in total. The van der Waals surface area contributed by atoms with Gasteiger partial charge in [0.05, 0.1) is 19.2 Å². The van der Waals surface area contributed by atoms with Gasteiger partial charge in [-0.1, -0.05) is 35.5 Å². The number of hydrogen-bond acceptors (Lipinski definition) is 6. The average Bonchev–Trinajstić information content (AvgIpc) is 3.35. The van der Waals surface area contributed by atoms with Crippen molar-refractivity contribution in [3.05, 3.63) is 53.6 Å². The first kappa shape index (κ1) is 21.2. The lowest BCUT2D eigenvalue weighted by atomic mass is 10.2. The van der Waals surface area contributed by atoms with Gasteiger partial charge in [0.1, 0.15) is 5.75 Å². The highest BCUT2D eigenvalue weighted by Crippen LogP contribution is 2.33. The van der Waals surface area contributed by atoms with E-state index in [0.717, 1.165) is 11.3 Å². The van der Waals surface area contributed by atoms with Crippen LogP contribution in [0.1, 0.15) is 6.42 Å². The van der Waals surface area contributed by atoms with E-state index in [9.17, 15) is 9.59 Å². The maximum Gasteiger partial charge on any atom is 0.324 e. The summed E-state index contributed by atoms with van der Waals surface area (Å²) in [6.07, 6.45) is 0.640. The first-order valence-electron chi connectivity index (χ1n) is 9.64. The largest absolute Gasteiger partial charge is 0.496 e. The number of ether oxygens (including phenoxy) is 1. The fourth-order valence-electron chi connectivity index (χ4n) is 3.26. The van der Waals surface area contributed by atoms with Crippen LogP contribution < -0.4 is 10.1 Å². The van der Waals surface area contributed by atoms with Gasteiger partial charge in [-0.15, -0.1) is 10.2 Å². The Morgan fingerprint density at radius 3 is 2.61 bits per heavy atom. The molecule has 8 nitrogen and oxygen atoms in total. The summed E-state index contributed by atoms with van der Waals surface area (Å²) in [6.45, 7) is 0.436. The molecular formula is C21H20ClN5O3S. The number of imide groups is 1. The molecule has 0 spiro atoms. The van der Waals surface area contributed by atoms with Crippen LogP contribution in [0.2, 0.25) is 5.02 Å². The highest BCUT2D eigenvalue weighted by molar-refractivity contribution is 7.99. The normalized spacial score (nSPS) is 13.5. The Morgan fingerprint density at radius 2 is 1.90 bits per heavy atom. The SMILES string of the molecule is COc1ccccc1-c1nnc(SCCCN2C(=O)CNC2=O)n1-c1ccc(Cl)cc1. The molecule has 10 heteroatoms. The van der Waals surface area contributed by atoms with E-state index in [1.165, 1.54) is 16.7 Å². The third kappa shape index (κ3) is 4.52. The Balaban J connectivity index is 1.59. The number of urea groups is 1. The Hall–Kier alpha value is -3.04. The summed E-state index contributed by atoms with van der Waals surface area (Å²) < 4.78 is 7.46. The van der Waals surface area contributed by atoms with Crippen LogP contribution >= 0.6 is 23.4 Å². The minimum absolute atomic E-state index is 0.0686. The van der Waals surface area contributed by atoms with E-state index in [0.29, 0.717) is 40.5 Å². The number of methoxy groups -OCH3 is 1. The van der Waals surface area contributed by atoms with Gasteiger partial charge < -0.3 is 10.1 Å². The summed E-state index contributed by atoms with van der Waals surface area (Å²) in [4.78, 5) is 24.6. The van der Waals surface area contributed by atoms with Crippen molar-refractivity contribution in [3.63, 3.8) is 0 Å². The monoisotopic (exact) mass is 457 g/mol. The van der Waals surface area contributed by atoms with Crippen molar-refractivity contribution < 1.29 is 14.3 Å². The lowest BCUT2D eigenvalue weighted by Gasteiger charge is -2.13. The van der Waals surface area contributed by atoms with Crippen LogP contribution in [-0.4, -0.2) is 57.6 Å². The maximum absolute atomic E-state index is 11.7. The van der Waals surface area contributed by atoms with Crippen molar-refractivity contribution in [1.29, 1.82) is 0 Å². The van der Waals surface area contributed by atoms with Crippen LogP contribution in [0.15, 0.2) is 53.7 Å². The van der Waals surface area contributed by atoms with Gasteiger partial charge in [-0.25, -0.2) is 4.79 Å². The van der Waals surface area contributed by atoms with Crippen LogP contribution in [0.5, 0.6) is 5.75 Å². The van der Waals surface area contributed by atoms with Gasteiger partial charge >= 0.3 is 6.03 Å². The second kappa shape index (κ2) is 9.40. The van der Waals surface area contributed by atoms with Crippen molar-refractivity contribution in [1.82, 2.24) is 25.0 Å². The predicted octanol–water partition coefficient (Wildman–Crippen LogP) is 3.63. The molecule has 3 amide bonds. The van der Waals surface area contributed by atoms with Crippen molar-refractivity contribution in [2.75, 3.05) is 26.0 Å². The number of benzene rings is 2. The van der Waals surface area contributed by atoms with Crippen molar-refractivity contribution in [2.45, 2.75) is 11.6 Å². The fourth-order valence-corrected chi connectivity index (χ4v) is 4.26. The Bertz CT molecular complexity index is 1090. The van der Waals surface area contributed by atoms with E-state index < -0.39 is 0 Å². The molecule has 31 heavy (non-hydrogen) atoms.